The summed E-state index contributed by atoms with van der Waals surface area (Å²) in [5.74, 6) is 0.615. The van der Waals surface area contributed by atoms with E-state index in [1.54, 1.807) is 42.6 Å². The van der Waals surface area contributed by atoms with Crippen molar-refractivity contribution in [2.45, 2.75) is 0 Å². The lowest BCUT2D eigenvalue weighted by atomic mass is 10.1. The highest BCUT2D eigenvalue weighted by atomic mass is 79.9. The van der Waals surface area contributed by atoms with Crippen molar-refractivity contribution in [1.29, 1.82) is 0 Å². The molecule has 7 heteroatoms. The number of nitrogens with zero attached hydrogens (tertiary/aromatic N) is 1. The van der Waals surface area contributed by atoms with Gasteiger partial charge in [0.2, 0.25) is 5.89 Å². The minimum absolute atomic E-state index is 0.341. The molecule has 1 N–H and O–H groups in total. The van der Waals surface area contributed by atoms with E-state index in [-0.39, 0.29) is 5.91 Å². The molecular weight excluding hydrogens is 475 g/mol. The number of carbonyl (C=O) groups is 1. The fraction of sp³-hybridized carbons (Fsp3) is 0. The second-order valence-electron chi connectivity index (χ2n) is 6.16. The number of benzene rings is 3. The van der Waals surface area contributed by atoms with Crippen LogP contribution in [0.4, 0.5) is 5.69 Å². The first-order valence-corrected chi connectivity index (χ1v) is 10.1. The van der Waals surface area contributed by atoms with Gasteiger partial charge in [-0.3, -0.25) is 4.79 Å². The van der Waals surface area contributed by atoms with Crippen molar-refractivity contribution in [2.24, 2.45) is 0 Å². The highest BCUT2D eigenvalue weighted by Crippen LogP contribution is 2.31. The zero-order valence-electron chi connectivity index (χ0n) is 14.8. The molecule has 0 aliphatic heterocycles. The van der Waals surface area contributed by atoms with E-state index in [4.69, 9.17) is 27.6 Å². The van der Waals surface area contributed by atoms with Gasteiger partial charge in [-0.05, 0) is 42.5 Å². The molecule has 0 saturated heterocycles. The quantitative estimate of drug-likeness (QED) is 0.327. The van der Waals surface area contributed by atoms with Crippen LogP contribution in [-0.4, -0.2) is 10.9 Å². The molecule has 4 aromatic rings. The van der Waals surface area contributed by atoms with Crippen LogP contribution in [0.1, 0.15) is 10.4 Å². The monoisotopic (exact) mass is 486 g/mol. The molecular formula is C22H13BrCl2N2O2. The molecule has 0 atom stereocenters. The predicted molar refractivity (Wildman–Crippen MR) is 119 cm³/mol. The molecule has 3 aromatic carbocycles. The average Bonchev–Trinajstić information content (AvgIpc) is 3.21. The number of amides is 1. The van der Waals surface area contributed by atoms with Crippen LogP contribution in [0.2, 0.25) is 10.0 Å². The maximum atomic E-state index is 12.9. The Morgan fingerprint density at radius 1 is 1.00 bits per heavy atom. The molecule has 0 aliphatic carbocycles. The van der Waals surface area contributed by atoms with Crippen molar-refractivity contribution >= 4 is 50.7 Å². The summed E-state index contributed by atoms with van der Waals surface area (Å²) in [6.07, 6.45) is 1.64. The normalized spacial score (nSPS) is 10.7. The smallest absolute Gasteiger partial charge is 0.256 e. The number of nitrogens with one attached hydrogen (secondary N) is 1. The van der Waals surface area contributed by atoms with E-state index in [1.807, 2.05) is 30.3 Å². The summed E-state index contributed by atoms with van der Waals surface area (Å²) >= 11 is 15.6. The number of rotatable bonds is 4. The number of halogens is 3. The van der Waals surface area contributed by atoms with Gasteiger partial charge in [-0.25, -0.2) is 4.98 Å². The fourth-order valence-corrected chi connectivity index (χ4v) is 3.56. The van der Waals surface area contributed by atoms with Gasteiger partial charge in [0, 0.05) is 20.6 Å². The third kappa shape index (κ3) is 4.37. The van der Waals surface area contributed by atoms with Crippen molar-refractivity contribution in [3.8, 4) is 22.8 Å². The fourth-order valence-electron chi connectivity index (χ4n) is 2.82. The van der Waals surface area contributed by atoms with Crippen LogP contribution in [-0.2, 0) is 0 Å². The number of hydrogen-bond donors (Lipinski definition) is 1. The molecule has 4 nitrogen and oxygen atoms in total. The molecule has 0 bridgehead atoms. The zero-order valence-corrected chi connectivity index (χ0v) is 17.9. The second-order valence-corrected chi connectivity index (χ2v) is 7.92. The predicted octanol–water partition coefficient (Wildman–Crippen LogP) is 7.33. The Morgan fingerprint density at radius 3 is 2.66 bits per heavy atom. The molecule has 0 saturated carbocycles. The number of aromatic nitrogens is 1. The maximum Gasteiger partial charge on any atom is 0.256 e. The van der Waals surface area contributed by atoms with Crippen LogP contribution in [0.5, 0.6) is 0 Å². The molecule has 4 rings (SSSR count). The van der Waals surface area contributed by atoms with Gasteiger partial charge in [0.1, 0.15) is 0 Å². The summed E-state index contributed by atoms with van der Waals surface area (Å²) in [4.78, 5) is 17.3. The number of carbonyl (C=O) groups excluding carboxylic acids is 1. The van der Waals surface area contributed by atoms with Crippen molar-refractivity contribution < 1.29 is 9.21 Å². The van der Waals surface area contributed by atoms with E-state index in [2.05, 4.69) is 26.2 Å². The maximum absolute atomic E-state index is 12.9. The molecule has 1 heterocycles. The Labute approximate surface area is 185 Å². The van der Waals surface area contributed by atoms with E-state index < -0.39 is 0 Å². The molecule has 0 aliphatic rings. The van der Waals surface area contributed by atoms with Gasteiger partial charge >= 0.3 is 0 Å². The molecule has 1 aromatic heterocycles. The van der Waals surface area contributed by atoms with Crippen molar-refractivity contribution in [2.75, 3.05) is 5.32 Å². The Morgan fingerprint density at radius 2 is 1.83 bits per heavy atom. The summed E-state index contributed by atoms with van der Waals surface area (Å²) in [5.41, 5.74) is 2.29. The standard InChI is InChI=1S/C22H13BrCl2N2O2/c23-14-5-3-4-13(10-14)20-12-26-22(29-20)17-7-2-1-6-16(17)21(28)27-19-11-15(24)8-9-18(19)25/h1-12H,(H,27,28). The highest BCUT2D eigenvalue weighted by Gasteiger charge is 2.18. The van der Waals surface area contributed by atoms with Crippen LogP contribution in [0.3, 0.4) is 0 Å². The van der Waals surface area contributed by atoms with E-state index in [9.17, 15) is 4.79 Å². The van der Waals surface area contributed by atoms with Gasteiger partial charge in [-0.2, -0.15) is 0 Å². The first kappa shape index (κ1) is 19.7. The number of hydrogen-bond acceptors (Lipinski definition) is 3. The second kappa shape index (κ2) is 8.41. The van der Waals surface area contributed by atoms with Gasteiger partial charge in [-0.15, -0.1) is 0 Å². The van der Waals surface area contributed by atoms with E-state index in [0.29, 0.717) is 38.5 Å². The molecule has 144 valence electrons. The van der Waals surface area contributed by atoms with Crippen molar-refractivity contribution in [3.05, 3.63) is 93.0 Å². The van der Waals surface area contributed by atoms with Gasteiger partial charge in [0.15, 0.2) is 5.76 Å². The minimum atomic E-state index is -0.341. The van der Waals surface area contributed by atoms with Crippen molar-refractivity contribution in [3.63, 3.8) is 0 Å². The lowest BCUT2D eigenvalue weighted by molar-refractivity contribution is 0.102. The Hall–Kier alpha value is -2.60. The van der Waals surface area contributed by atoms with Crippen LogP contribution < -0.4 is 5.32 Å². The SMILES string of the molecule is O=C(Nc1cc(Cl)ccc1Cl)c1ccccc1-c1ncc(-c2cccc(Br)c2)o1. The Balaban J connectivity index is 1.67. The Kier molecular flexibility index (Phi) is 5.72. The van der Waals surface area contributed by atoms with Crippen LogP contribution in [0.25, 0.3) is 22.8 Å². The van der Waals surface area contributed by atoms with E-state index in [0.717, 1.165) is 10.0 Å². The average molecular weight is 488 g/mol. The van der Waals surface area contributed by atoms with Gasteiger partial charge < -0.3 is 9.73 Å². The topological polar surface area (TPSA) is 55.1 Å². The number of oxazole rings is 1. The Bertz CT molecular complexity index is 1210. The molecule has 1 amide bonds. The third-order valence-electron chi connectivity index (χ3n) is 4.19. The summed E-state index contributed by atoms with van der Waals surface area (Å²) in [6.45, 7) is 0. The van der Waals surface area contributed by atoms with Gasteiger partial charge in [0.05, 0.1) is 22.5 Å². The molecule has 0 fully saturated rings. The van der Waals surface area contributed by atoms with E-state index >= 15 is 0 Å². The summed E-state index contributed by atoms with van der Waals surface area (Å²) in [5, 5.41) is 3.67. The molecule has 0 spiro atoms. The first-order valence-electron chi connectivity index (χ1n) is 8.59. The van der Waals surface area contributed by atoms with Crippen LogP contribution in [0.15, 0.2) is 81.8 Å². The highest BCUT2D eigenvalue weighted by molar-refractivity contribution is 9.10. The summed E-state index contributed by atoms with van der Waals surface area (Å²) in [6, 6.07) is 19.7. The van der Waals surface area contributed by atoms with Gasteiger partial charge in [0.25, 0.3) is 5.91 Å². The molecule has 0 unspecified atom stereocenters. The lowest BCUT2D eigenvalue weighted by Crippen LogP contribution is -2.13. The first-order chi connectivity index (χ1) is 14.0. The van der Waals surface area contributed by atoms with Gasteiger partial charge in [-0.1, -0.05) is 63.4 Å². The zero-order chi connectivity index (χ0) is 20.4. The van der Waals surface area contributed by atoms with Crippen molar-refractivity contribution in [1.82, 2.24) is 4.98 Å². The summed E-state index contributed by atoms with van der Waals surface area (Å²) < 4.78 is 6.87. The van der Waals surface area contributed by atoms with Crippen LogP contribution in [0, 0.1) is 0 Å². The third-order valence-corrected chi connectivity index (χ3v) is 5.25. The summed E-state index contributed by atoms with van der Waals surface area (Å²) in [7, 11) is 0. The minimum Gasteiger partial charge on any atom is -0.436 e. The molecule has 29 heavy (non-hydrogen) atoms. The largest absolute Gasteiger partial charge is 0.436 e. The lowest BCUT2D eigenvalue weighted by Gasteiger charge is -2.10. The molecule has 0 radical (unpaired) electrons. The number of anilines is 1. The van der Waals surface area contributed by atoms with Crippen LogP contribution >= 0.6 is 39.1 Å². The van der Waals surface area contributed by atoms with E-state index in [1.165, 1.54) is 0 Å².